The number of carbonyl (C=O) groups is 1. The lowest BCUT2D eigenvalue weighted by Gasteiger charge is -2.49. The predicted molar refractivity (Wildman–Crippen MR) is 167 cm³/mol. The Balaban J connectivity index is 1.33. The summed E-state index contributed by atoms with van der Waals surface area (Å²) in [6.07, 6.45) is 4.03. The fourth-order valence-electron chi connectivity index (χ4n) is 7.36. The molecule has 1 amide bonds. The van der Waals surface area contributed by atoms with Gasteiger partial charge in [-0.1, -0.05) is 67.9 Å². The minimum absolute atomic E-state index is 0.143. The van der Waals surface area contributed by atoms with E-state index in [0.717, 1.165) is 51.5 Å². The SMILES string of the molecule is C[C@@H]1CC[C@H]2[C@H](C1)c1c(c3ccccc3c3nc4cc(C(=O)NC(CO)Cc5ccccc5)ccc4nc13)OC2(C)C. The molecule has 0 bridgehead atoms. The van der Waals surface area contributed by atoms with Crippen LogP contribution in [0.2, 0.25) is 0 Å². The first-order valence-corrected chi connectivity index (χ1v) is 15.1. The maximum atomic E-state index is 13.3. The normalized spacial score (nSPS) is 21.9. The molecule has 2 heterocycles. The number of hydrogen-bond donors (Lipinski definition) is 2. The van der Waals surface area contributed by atoms with E-state index in [-0.39, 0.29) is 24.2 Å². The standard InChI is InChI=1S/C36H37N3O3/c1-21-13-15-28-27(17-21)31-33-32(25-11-7-8-12-26(25)34(31)42-36(28,2)3)39-30-19-23(14-16-29(30)38-33)35(41)37-24(20-40)18-22-9-5-4-6-10-22/h4-12,14,16,19,21,24,27-28,40H,13,15,17-18,20H2,1-3H3,(H,37,41)/t21-,24?,27+,28+/m1/s1. The average molecular weight is 560 g/mol. The summed E-state index contributed by atoms with van der Waals surface area (Å²) < 4.78 is 6.86. The van der Waals surface area contributed by atoms with Gasteiger partial charge in [-0.15, -0.1) is 0 Å². The molecule has 2 N–H and O–H groups in total. The van der Waals surface area contributed by atoms with Crippen molar-refractivity contribution in [3.05, 3.63) is 89.5 Å². The summed E-state index contributed by atoms with van der Waals surface area (Å²) >= 11 is 0. The van der Waals surface area contributed by atoms with Gasteiger partial charge in [-0.05, 0) is 68.7 Å². The van der Waals surface area contributed by atoms with Crippen LogP contribution >= 0.6 is 0 Å². The lowest BCUT2D eigenvalue weighted by Crippen LogP contribution is -2.46. The van der Waals surface area contributed by atoms with Gasteiger partial charge in [0.2, 0.25) is 0 Å². The fraction of sp³-hybridized carbons (Fsp3) is 0.361. The highest BCUT2D eigenvalue weighted by Crippen LogP contribution is 2.56. The van der Waals surface area contributed by atoms with Crippen molar-refractivity contribution in [2.45, 2.75) is 64.0 Å². The largest absolute Gasteiger partial charge is 0.487 e. The number of rotatable bonds is 5. The van der Waals surface area contributed by atoms with E-state index in [1.165, 1.54) is 12.0 Å². The van der Waals surface area contributed by atoms with Crippen LogP contribution in [0.3, 0.4) is 0 Å². The molecule has 2 aliphatic rings. The third-order valence-corrected chi connectivity index (χ3v) is 9.47. The second-order valence-corrected chi connectivity index (χ2v) is 12.8. The summed E-state index contributed by atoms with van der Waals surface area (Å²) in [4.78, 5) is 23.7. The number of ether oxygens (including phenoxy) is 1. The molecule has 4 atom stereocenters. The number of amides is 1. The molecule has 214 valence electrons. The first-order valence-electron chi connectivity index (χ1n) is 15.1. The number of benzene rings is 4. The third kappa shape index (κ3) is 4.58. The maximum Gasteiger partial charge on any atom is 0.251 e. The van der Waals surface area contributed by atoms with Crippen LogP contribution in [0, 0.1) is 11.8 Å². The highest BCUT2D eigenvalue weighted by molar-refractivity contribution is 6.11. The topological polar surface area (TPSA) is 84.3 Å². The van der Waals surface area contributed by atoms with E-state index in [2.05, 4.69) is 44.3 Å². The van der Waals surface area contributed by atoms with Crippen LogP contribution in [-0.2, 0) is 6.42 Å². The summed E-state index contributed by atoms with van der Waals surface area (Å²) in [6.45, 7) is 6.69. The molecule has 5 aromatic rings. The van der Waals surface area contributed by atoms with Crippen LogP contribution in [0.5, 0.6) is 5.75 Å². The van der Waals surface area contributed by atoms with Crippen LogP contribution in [0.4, 0.5) is 0 Å². The quantitative estimate of drug-likeness (QED) is 0.180. The molecule has 6 nitrogen and oxygen atoms in total. The van der Waals surface area contributed by atoms with Gasteiger partial charge in [-0.3, -0.25) is 4.79 Å². The van der Waals surface area contributed by atoms with E-state index in [0.29, 0.717) is 35.3 Å². The Morgan fingerprint density at radius 1 is 0.976 bits per heavy atom. The number of hydrogen-bond acceptors (Lipinski definition) is 5. The molecule has 0 spiro atoms. The van der Waals surface area contributed by atoms with Gasteiger partial charge in [0.05, 0.1) is 34.7 Å². The Morgan fingerprint density at radius 3 is 2.50 bits per heavy atom. The lowest BCUT2D eigenvalue weighted by atomic mass is 9.64. The number of aliphatic hydroxyl groups excluding tert-OH is 1. The van der Waals surface area contributed by atoms with Gasteiger partial charge in [-0.25, -0.2) is 9.97 Å². The fourth-order valence-corrected chi connectivity index (χ4v) is 7.36. The number of aromatic nitrogens is 2. The molecule has 1 aliphatic carbocycles. The van der Waals surface area contributed by atoms with Crippen LogP contribution in [0.1, 0.15) is 67.4 Å². The first-order chi connectivity index (χ1) is 20.3. The molecule has 7 rings (SSSR count). The molecule has 1 unspecified atom stereocenters. The number of carbonyl (C=O) groups excluding carboxylic acids is 1. The Labute approximate surface area is 246 Å². The van der Waals surface area contributed by atoms with Crippen molar-refractivity contribution in [1.82, 2.24) is 15.3 Å². The number of aliphatic hydroxyl groups is 1. The van der Waals surface area contributed by atoms with Crippen molar-refractivity contribution in [3.8, 4) is 5.75 Å². The average Bonchev–Trinajstić information content (AvgIpc) is 2.99. The summed E-state index contributed by atoms with van der Waals surface area (Å²) in [5, 5.41) is 15.0. The minimum atomic E-state index is -0.385. The Hall–Kier alpha value is -4.03. The Kier molecular flexibility index (Phi) is 6.62. The molecule has 4 aromatic carbocycles. The van der Waals surface area contributed by atoms with Gasteiger partial charge in [0.1, 0.15) is 11.4 Å². The minimum Gasteiger partial charge on any atom is -0.487 e. The number of nitrogens with one attached hydrogen (secondary N) is 1. The summed E-state index contributed by atoms with van der Waals surface area (Å²) in [6, 6.07) is 23.3. The van der Waals surface area contributed by atoms with E-state index < -0.39 is 0 Å². The van der Waals surface area contributed by atoms with Crippen LogP contribution < -0.4 is 10.1 Å². The van der Waals surface area contributed by atoms with E-state index in [1.807, 2.05) is 48.5 Å². The van der Waals surface area contributed by atoms with Crippen molar-refractivity contribution in [1.29, 1.82) is 0 Å². The molecule has 1 saturated carbocycles. The molecule has 0 radical (unpaired) electrons. The van der Waals surface area contributed by atoms with Gasteiger partial charge in [0.15, 0.2) is 0 Å². The van der Waals surface area contributed by atoms with Crippen molar-refractivity contribution in [2.24, 2.45) is 11.8 Å². The van der Waals surface area contributed by atoms with Gasteiger partial charge in [-0.2, -0.15) is 0 Å². The van der Waals surface area contributed by atoms with Crippen molar-refractivity contribution in [3.63, 3.8) is 0 Å². The highest BCUT2D eigenvalue weighted by Gasteiger charge is 2.47. The predicted octanol–water partition coefficient (Wildman–Crippen LogP) is 6.96. The van der Waals surface area contributed by atoms with Crippen molar-refractivity contribution in [2.75, 3.05) is 6.61 Å². The van der Waals surface area contributed by atoms with Gasteiger partial charge in [0.25, 0.3) is 5.91 Å². The van der Waals surface area contributed by atoms with Gasteiger partial charge < -0.3 is 15.2 Å². The van der Waals surface area contributed by atoms with Gasteiger partial charge in [0, 0.05) is 27.8 Å². The monoisotopic (exact) mass is 559 g/mol. The van der Waals surface area contributed by atoms with Crippen molar-refractivity contribution >= 4 is 38.7 Å². The molecule has 6 heteroatoms. The summed E-state index contributed by atoms with van der Waals surface area (Å²) in [5.74, 6) is 2.14. The molecule has 42 heavy (non-hydrogen) atoms. The van der Waals surface area contributed by atoms with E-state index in [9.17, 15) is 9.90 Å². The lowest BCUT2D eigenvalue weighted by molar-refractivity contribution is -0.0115. The molecule has 1 fully saturated rings. The molecule has 1 aliphatic heterocycles. The highest BCUT2D eigenvalue weighted by atomic mass is 16.5. The number of nitrogens with zero attached hydrogens (tertiary/aromatic N) is 2. The molecule has 1 aromatic heterocycles. The van der Waals surface area contributed by atoms with Crippen LogP contribution in [0.25, 0.3) is 32.8 Å². The van der Waals surface area contributed by atoms with E-state index >= 15 is 0 Å². The molecule has 0 saturated heterocycles. The van der Waals surface area contributed by atoms with E-state index in [4.69, 9.17) is 14.7 Å². The third-order valence-electron chi connectivity index (χ3n) is 9.47. The first kappa shape index (κ1) is 26.8. The van der Waals surface area contributed by atoms with E-state index in [1.54, 1.807) is 6.07 Å². The summed E-state index contributed by atoms with van der Waals surface area (Å²) in [7, 11) is 0. The van der Waals surface area contributed by atoms with Crippen LogP contribution in [0.15, 0.2) is 72.8 Å². The summed E-state index contributed by atoms with van der Waals surface area (Å²) in [5.41, 5.74) is 5.69. The Bertz CT molecular complexity index is 1820. The zero-order chi connectivity index (χ0) is 29.0. The second-order valence-electron chi connectivity index (χ2n) is 12.8. The van der Waals surface area contributed by atoms with Crippen molar-refractivity contribution < 1.29 is 14.6 Å². The maximum absolute atomic E-state index is 13.3. The molecular weight excluding hydrogens is 522 g/mol. The smallest absolute Gasteiger partial charge is 0.251 e. The Morgan fingerprint density at radius 2 is 1.71 bits per heavy atom. The van der Waals surface area contributed by atoms with Crippen LogP contribution in [-0.4, -0.2) is 39.2 Å². The number of fused-ring (bicyclic) bond motifs is 9. The zero-order valence-electron chi connectivity index (χ0n) is 24.4. The molecular formula is C36H37N3O3. The second kappa shape index (κ2) is 10.4. The van der Waals surface area contributed by atoms with Gasteiger partial charge >= 0.3 is 0 Å². The zero-order valence-corrected chi connectivity index (χ0v) is 24.4.